The summed E-state index contributed by atoms with van der Waals surface area (Å²) >= 11 is 0. The zero-order chi connectivity index (χ0) is 17.4. The molecular weight excluding hydrogens is 325 g/mol. The first kappa shape index (κ1) is 14.9. The maximum absolute atomic E-state index is 13.9. The normalized spacial score (nSPS) is 11.0. The number of tetrazole rings is 1. The molecule has 0 saturated carbocycles. The molecule has 8 nitrogen and oxygen atoms in total. The predicted molar refractivity (Wildman–Crippen MR) is 87.9 cm³/mol. The minimum atomic E-state index is -0.453. The maximum Gasteiger partial charge on any atom is 0.256 e. The van der Waals surface area contributed by atoms with Gasteiger partial charge in [0.25, 0.3) is 5.91 Å². The Hall–Kier alpha value is -3.62. The van der Waals surface area contributed by atoms with Gasteiger partial charge in [-0.15, -0.1) is 5.10 Å². The molecule has 0 aliphatic rings. The Balaban J connectivity index is 1.60. The molecule has 1 amide bonds. The molecule has 25 heavy (non-hydrogen) atoms. The minimum absolute atomic E-state index is 0.151. The van der Waals surface area contributed by atoms with Crippen molar-refractivity contribution in [3.05, 3.63) is 59.7 Å². The first-order chi connectivity index (χ1) is 12.1. The lowest BCUT2D eigenvalue weighted by Crippen LogP contribution is -2.13. The second-order valence-electron chi connectivity index (χ2n) is 5.37. The molecule has 2 aromatic heterocycles. The molecule has 0 atom stereocenters. The standard InChI is InChI=1S/C16H12FN7O/c1-9-19-22-23-24(9)11-7-5-10(6-8-11)16(25)18-15-14-12(17)3-2-4-13(14)20-21-15/h2-8H,1H3,(H2,18,20,21,25). The van der Waals surface area contributed by atoms with Crippen LogP contribution in [-0.4, -0.2) is 36.3 Å². The Bertz CT molecular complexity index is 1070. The molecule has 0 saturated heterocycles. The van der Waals surface area contributed by atoms with E-state index < -0.39 is 11.7 Å². The highest BCUT2D eigenvalue weighted by Crippen LogP contribution is 2.23. The molecular formula is C16H12FN7O. The van der Waals surface area contributed by atoms with Crippen LogP contribution in [-0.2, 0) is 0 Å². The summed E-state index contributed by atoms with van der Waals surface area (Å²) in [4.78, 5) is 12.4. The zero-order valence-corrected chi connectivity index (χ0v) is 13.1. The average molecular weight is 337 g/mol. The van der Waals surface area contributed by atoms with Gasteiger partial charge in [-0.3, -0.25) is 9.89 Å². The summed E-state index contributed by atoms with van der Waals surface area (Å²) in [6.45, 7) is 1.78. The van der Waals surface area contributed by atoms with Crippen LogP contribution in [0, 0.1) is 12.7 Å². The molecule has 0 bridgehead atoms. The summed E-state index contributed by atoms with van der Waals surface area (Å²) in [5.74, 6) is -0.0585. The van der Waals surface area contributed by atoms with Gasteiger partial charge in [-0.1, -0.05) is 6.07 Å². The highest BCUT2D eigenvalue weighted by Gasteiger charge is 2.14. The number of fused-ring (bicyclic) bond motifs is 1. The number of hydrogen-bond donors (Lipinski definition) is 2. The van der Waals surface area contributed by atoms with Crippen LogP contribution in [0.15, 0.2) is 42.5 Å². The Morgan fingerprint density at radius 1 is 1.20 bits per heavy atom. The van der Waals surface area contributed by atoms with Crippen LogP contribution in [0.3, 0.4) is 0 Å². The van der Waals surface area contributed by atoms with Crippen molar-refractivity contribution in [1.29, 1.82) is 0 Å². The van der Waals surface area contributed by atoms with Gasteiger partial charge in [-0.25, -0.2) is 4.39 Å². The van der Waals surface area contributed by atoms with E-state index in [4.69, 9.17) is 0 Å². The van der Waals surface area contributed by atoms with Crippen molar-refractivity contribution in [2.75, 3.05) is 5.32 Å². The first-order valence-electron chi connectivity index (χ1n) is 7.43. The van der Waals surface area contributed by atoms with Gasteiger partial charge in [0.15, 0.2) is 11.6 Å². The Kier molecular flexibility index (Phi) is 3.46. The summed E-state index contributed by atoms with van der Waals surface area (Å²) < 4.78 is 15.5. The van der Waals surface area contributed by atoms with Crippen molar-refractivity contribution in [2.24, 2.45) is 0 Å². The van der Waals surface area contributed by atoms with Crippen LogP contribution in [0.1, 0.15) is 16.2 Å². The molecule has 9 heteroatoms. The number of hydrogen-bond acceptors (Lipinski definition) is 5. The number of aromatic nitrogens is 6. The molecule has 0 unspecified atom stereocenters. The monoisotopic (exact) mass is 337 g/mol. The van der Waals surface area contributed by atoms with E-state index in [2.05, 4.69) is 31.0 Å². The Labute approximate surface area is 140 Å². The SMILES string of the molecule is Cc1nnnn1-c1ccc(C(=O)Nc2n[nH]c3cccc(F)c23)cc1. The number of H-pyrrole nitrogens is 1. The zero-order valence-electron chi connectivity index (χ0n) is 13.1. The lowest BCUT2D eigenvalue weighted by Gasteiger charge is -2.05. The van der Waals surface area contributed by atoms with Crippen molar-refractivity contribution in [1.82, 2.24) is 30.4 Å². The highest BCUT2D eigenvalue weighted by molar-refractivity contribution is 6.08. The number of amides is 1. The third-order valence-electron chi connectivity index (χ3n) is 3.77. The number of anilines is 1. The van der Waals surface area contributed by atoms with Gasteiger partial charge in [0.05, 0.1) is 16.6 Å². The number of benzene rings is 2. The van der Waals surface area contributed by atoms with Crippen LogP contribution in [0.5, 0.6) is 0 Å². The molecule has 4 aromatic rings. The summed E-state index contributed by atoms with van der Waals surface area (Å²) in [5, 5.41) is 20.8. The van der Waals surface area contributed by atoms with Crippen LogP contribution in [0.25, 0.3) is 16.6 Å². The number of aryl methyl sites for hydroxylation is 1. The summed E-state index contributed by atoms with van der Waals surface area (Å²) in [6, 6.07) is 11.3. The van der Waals surface area contributed by atoms with Gasteiger partial charge in [-0.05, 0) is 53.7 Å². The molecule has 0 aliphatic heterocycles. The fourth-order valence-electron chi connectivity index (χ4n) is 2.52. The maximum atomic E-state index is 13.9. The quantitative estimate of drug-likeness (QED) is 0.597. The fourth-order valence-corrected chi connectivity index (χ4v) is 2.52. The molecule has 0 fully saturated rings. The van der Waals surface area contributed by atoms with Crippen molar-refractivity contribution in [2.45, 2.75) is 6.92 Å². The fraction of sp³-hybridized carbons (Fsp3) is 0.0625. The molecule has 2 aromatic carbocycles. The van der Waals surface area contributed by atoms with Gasteiger partial charge in [0.1, 0.15) is 5.82 Å². The Morgan fingerprint density at radius 3 is 2.72 bits per heavy atom. The summed E-state index contributed by atoms with van der Waals surface area (Å²) in [5.41, 5.74) is 1.65. The molecule has 2 heterocycles. The van der Waals surface area contributed by atoms with Gasteiger partial charge in [0, 0.05) is 5.56 Å². The predicted octanol–water partition coefficient (Wildman–Crippen LogP) is 2.24. The Morgan fingerprint density at radius 2 is 2.00 bits per heavy atom. The van der Waals surface area contributed by atoms with Gasteiger partial charge >= 0.3 is 0 Å². The van der Waals surface area contributed by atoms with Gasteiger partial charge in [-0.2, -0.15) is 9.78 Å². The average Bonchev–Trinajstić information content (AvgIpc) is 3.22. The second-order valence-corrected chi connectivity index (χ2v) is 5.37. The number of aromatic amines is 1. The van der Waals surface area contributed by atoms with Crippen molar-refractivity contribution in [3.8, 4) is 5.69 Å². The van der Waals surface area contributed by atoms with Gasteiger partial charge < -0.3 is 5.32 Å². The largest absolute Gasteiger partial charge is 0.304 e. The molecule has 0 spiro atoms. The summed E-state index contributed by atoms with van der Waals surface area (Å²) in [7, 11) is 0. The van der Waals surface area contributed by atoms with Crippen LogP contribution >= 0.6 is 0 Å². The lowest BCUT2D eigenvalue weighted by atomic mass is 10.2. The van der Waals surface area contributed by atoms with Crippen LogP contribution in [0.4, 0.5) is 10.2 Å². The van der Waals surface area contributed by atoms with E-state index in [1.54, 1.807) is 48.0 Å². The van der Waals surface area contributed by atoms with E-state index in [0.717, 1.165) is 5.69 Å². The topological polar surface area (TPSA) is 101 Å². The van der Waals surface area contributed by atoms with Crippen molar-refractivity contribution < 1.29 is 9.18 Å². The van der Waals surface area contributed by atoms with E-state index in [-0.39, 0.29) is 11.2 Å². The molecule has 0 radical (unpaired) electrons. The number of rotatable bonds is 3. The number of nitrogens with one attached hydrogen (secondary N) is 2. The van der Waals surface area contributed by atoms with E-state index in [0.29, 0.717) is 16.9 Å². The number of carbonyl (C=O) groups excluding carboxylic acids is 1. The third kappa shape index (κ3) is 2.61. The first-order valence-corrected chi connectivity index (χ1v) is 7.43. The highest BCUT2D eigenvalue weighted by atomic mass is 19.1. The molecule has 124 valence electrons. The van der Waals surface area contributed by atoms with Gasteiger partial charge in [0.2, 0.25) is 0 Å². The minimum Gasteiger partial charge on any atom is -0.304 e. The van der Waals surface area contributed by atoms with E-state index >= 15 is 0 Å². The lowest BCUT2D eigenvalue weighted by molar-refractivity contribution is 0.102. The van der Waals surface area contributed by atoms with Crippen LogP contribution < -0.4 is 5.32 Å². The van der Waals surface area contributed by atoms with Crippen molar-refractivity contribution >= 4 is 22.6 Å². The third-order valence-corrected chi connectivity index (χ3v) is 3.77. The summed E-state index contributed by atoms with van der Waals surface area (Å²) in [6.07, 6.45) is 0. The second kappa shape index (κ2) is 5.78. The smallest absolute Gasteiger partial charge is 0.256 e. The van der Waals surface area contributed by atoms with E-state index in [1.165, 1.54) is 6.07 Å². The number of nitrogens with zero attached hydrogens (tertiary/aromatic N) is 5. The molecule has 2 N–H and O–H groups in total. The van der Waals surface area contributed by atoms with Crippen molar-refractivity contribution in [3.63, 3.8) is 0 Å². The molecule has 0 aliphatic carbocycles. The van der Waals surface area contributed by atoms with Crippen LogP contribution in [0.2, 0.25) is 0 Å². The van der Waals surface area contributed by atoms with E-state index in [1.807, 2.05) is 0 Å². The molecule has 4 rings (SSSR count). The number of halogens is 1. The number of carbonyl (C=O) groups is 1. The van der Waals surface area contributed by atoms with E-state index in [9.17, 15) is 9.18 Å².